The van der Waals surface area contributed by atoms with Crippen LogP contribution in [0.4, 0.5) is 5.69 Å². The van der Waals surface area contributed by atoms with Crippen molar-refractivity contribution in [3.05, 3.63) is 29.8 Å². The number of aryl methyl sites for hydroxylation is 1. The number of anilines is 1. The Morgan fingerprint density at radius 2 is 1.86 bits per heavy atom. The summed E-state index contributed by atoms with van der Waals surface area (Å²) in [6.45, 7) is 2.88. The summed E-state index contributed by atoms with van der Waals surface area (Å²) in [5.41, 5.74) is 1.82. The molecule has 0 radical (unpaired) electrons. The van der Waals surface area contributed by atoms with Gasteiger partial charge >= 0.3 is 5.97 Å². The molecule has 3 N–H and O–H groups in total. The van der Waals surface area contributed by atoms with Crippen molar-refractivity contribution in [3.8, 4) is 0 Å². The first-order chi connectivity index (χ1) is 10.0. The average Bonchev–Trinajstić information content (AvgIpc) is 2.44. The number of nitrogens with zero attached hydrogens (tertiary/aromatic N) is 1. The molecule has 6 nitrogen and oxygen atoms in total. The maximum Gasteiger partial charge on any atom is 0.304 e. The largest absolute Gasteiger partial charge is 0.481 e. The molecular weight excluding hydrogens is 272 g/mol. The summed E-state index contributed by atoms with van der Waals surface area (Å²) >= 11 is 0. The molecule has 0 aliphatic rings. The number of benzene rings is 1. The van der Waals surface area contributed by atoms with Gasteiger partial charge in [-0.3, -0.25) is 14.5 Å². The number of rotatable bonds is 9. The van der Waals surface area contributed by atoms with Crippen molar-refractivity contribution in [2.75, 3.05) is 31.6 Å². The van der Waals surface area contributed by atoms with E-state index >= 15 is 0 Å². The summed E-state index contributed by atoms with van der Waals surface area (Å²) < 4.78 is 0. The summed E-state index contributed by atoms with van der Waals surface area (Å²) in [6, 6.07) is 7.46. The second-order valence-corrected chi connectivity index (χ2v) is 4.91. The first kappa shape index (κ1) is 17.1. The molecule has 116 valence electrons. The molecule has 1 aromatic rings. The Morgan fingerprint density at radius 1 is 1.19 bits per heavy atom. The van der Waals surface area contributed by atoms with Crippen LogP contribution in [-0.2, 0) is 9.59 Å². The molecule has 0 unspecified atom stereocenters. The third kappa shape index (κ3) is 7.43. The van der Waals surface area contributed by atoms with E-state index in [1.54, 1.807) is 4.90 Å². The van der Waals surface area contributed by atoms with E-state index in [1.165, 1.54) is 0 Å². The molecule has 0 spiro atoms. The molecule has 0 saturated carbocycles. The number of nitrogens with one attached hydrogen (secondary N) is 1. The van der Waals surface area contributed by atoms with E-state index in [0.717, 1.165) is 5.56 Å². The number of carboxylic acids is 1. The molecular formula is C15H22N2O4. The highest BCUT2D eigenvalue weighted by Crippen LogP contribution is 2.08. The Bertz CT molecular complexity index is 459. The number of aliphatic carboxylic acids is 1. The second kappa shape index (κ2) is 9.10. The third-order valence-electron chi connectivity index (χ3n) is 2.98. The third-order valence-corrected chi connectivity index (χ3v) is 2.98. The standard InChI is InChI=1S/C15H22N2O4/c1-12-3-5-13(6-4-12)16-14(19)11-17(8-2-10-18)9-7-15(20)21/h3-6,18H,2,7-11H2,1H3,(H,16,19)(H,20,21). The first-order valence-electron chi connectivity index (χ1n) is 6.93. The highest BCUT2D eigenvalue weighted by Gasteiger charge is 2.12. The smallest absolute Gasteiger partial charge is 0.304 e. The summed E-state index contributed by atoms with van der Waals surface area (Å²) in [5, 5.41) is 20.3. The molecule has 1 amide bonds. The van der Waals surface area contributed by atoms with Crippen LogP contribution < -0.4 is 5.32 Å². The predicted octanol–water partition coefficient (Wildman–Crippen LogP) is 1.09. The zero-order chi connectivity index (χ0) is 15.7. The van der Waals surface area contributed by atoms with Gasteiger partial charge in [-0.05, 0) is 25.5 Å². The maximum atomic E-state index is 12.0. The van der Waals surface area contributed by atoms with Crippen molar-refractivity contribution in [2.24, 2.45) is 0 Å². The van der Waals surface area contributed by atoms with E-state index in [9.17, 15) is 9.59 Å². The summed E-state index contributed by atoms with van der Waals surface area (Å²) in [7, 11) is 0. The monoisotopic (exact) mass is 294 g/mol. The minimum absolute atomic E-state index is 0.0170. The van der Waals surface area contributed by atoms with Crippen LogP contribution in [0, 0.1) is 6.92 Å². The number of hydrogen-bond donors (Lipinski definition) is 3. The lowest BCUT2D eigenvalue weighted by Crippen LogP contribution is -2.35. The summed E-state index contributed by atoms with van der Waals surface area (Å²) in [4.78, 5) is 24.3. The highest BCUT2D eigenvalue weighted by atomic mass is 16.4. The van der Waals surface area contributed by atoms with Gasteiger partial charge in [0.2, 0.25) is 5.91 Å². The predicted molar refractivity (Wildman–Crippen MR) is 80.2 cm³/mol. The lowest BCUT2D eigenvalue weighted by Gasteiger charge is -2.20. The van der Waals surface area contributed by atoms with Gasteiger partial charge in [0, 0.05) is 25.4 Å². The molecule has 6 heteroatoms. The summed E-state index contributed by atoms with van der Waals surface area (Å²) in [6.07, 6.45) is 0.487. The van der Waals surface area contributed by atoms with Gasteiger partial charge in [0.15, 0.2) is 0 Å². The van der Waals surface area contributed by atoms with Crippen molar-refractivity contribution in [2.45, 2.75) is 19.8 Å². The highest BCUT2D eigenvalue weighted by molar-refractivity contribution is 5.92. The Kier molecular flexibility index (Phi) is 7.42. The quantitative estimate of drug-likeness (QED) is 0.634. The van der Waals surface area contributed by atoms with Gasteiger partial charge < -0.3 is 15.5 Å². The molecule has 0 fully saturated rings. The minimum Gasteiger partial charge on any atom is -0.481 e. The van der Waals surface area contributed by atoms with Gasteiger partial charge in [0.05, 0.1) is 13.0 Å². The Labute approximate surface area is 124 Å². The zero-order valence-corrected chi connectivity index (χ0v) is 12.2. The Balaban J connectivity index is 2.49. The van der Waals surface area contributed by atoms with Crippen molar-refractivity contribution >= 4 is 17.6 Å². The maximum absolute atomic E-state index is 12.0. The van der Waals surface area contributed by atoms with Crippen molar-refractivity contribution in [1.29, 1.82) is 0 Å². The molecule has 1 aromatic carbocycles. The molecule has 1 rings (SSSR count). The molecule has 0 bridgehead atoms. The van der Waals surface area contributed by atoms with Crippen molar-refractivity contribution in [3.63, 3.8) is 0 Å². The Hall–Kier alpha value is -1.92. The van der Waals surface area contributed by atoms with E-state index in [-0.39, 0.29) is 32.0 Å². The number of carbonyl (C=O) groups is 2. The normalized spacial score (nSPS) is 10.6. The van der Waals surface area contributed by atoms with Gasteiger partial charge in [-0.15, -0.1) is 0 Å². The van der Waals surface area contributed by atoms with E-state index < -0.39 is 5.97 Å². The molecule has 0 aliphatic carbocycles. The number of carboxylic acid groups (broad SMARTS) is 1. The fourth-order valence-electron chi connectivity index (χ4n) is 1.86. The Morgan fingerprint density at radius 3 is 2.43 bits per heavy atom. The average molecular weight is 294 g/mol. The van der Waals surface area contributed by atoms with Gasteiger partial charge in [-0.1, -0.05) is 17.7 Å². The van der Waals surface area contributed by atoms with E-state index in [1.807, 2.05) is 31.2 Å². The van der Waals surface area contributed by atoms with Crippen molar-refractivity contribution in [1.82, 2.24) is 4.90 Å². The number of aliphatic hydroxyl groups is 1. The topological polar surface area (TPSA) is 89.9 Å². The fourth-order valence-corrected chi connectivity index (χ4v) is 1.86. The van der Waals surface area contributed by atoms with Crippen LogP contribution >= 0.6 is 0 Å². The van der Waals surface area contributed by atoms with Crippen LogP contribution in [0.15, 0.2) is 24.3 Å². The number of hydrogen-bond acceptors (Lipinski definition) is 4. The van der Waals surface area contributed by atoms with Gasteiger partial charge in [-0.2, -0.15) is 0 Å². The first-order valence-corrected chi connectivity index (χ1v) is 6.93. The number of amides is 1. The van der Waals surface area contributed by atoms with Gasteiger partial charge in [-0.25, -0.2) is 0 Å². The van der Waals surface area contributed by atoms with E-state index in [0.29, 0.717) is 18.7 Å². The molecule has 0 heterocycles. The van der Waals surface area contributed by atoms with Crippen LogP contribution in [0.5, 0.6) is 0 Å². The molecule has 0 aromatic heterocycles. The molecule has 0 atom stereocenters. The number of aliphatic hydroxyl groups excluding tert-OH is 1. The zero-order valence-electron chi connectivity index (χ0n) is 12.2. The fraction of sp³-hybridized carbons (Fsp3) is 0.467. The molecule has 21 heavy (non-hydrogen) atoms. The van der Waals surface area contributed by atoms with Crippen LogP contribution in [0.2, 0.25) is 0 Å². The second-order valence-electron chi connectivity index (χ2n) is 4.91. The lowest BCUT2D eigenvalue weighted by atomic mass is 10.2. The molecule has 0 aliphatic heterocycles. The van der Waals surface area contributed by atoms with Crippen molar-refractivity contribution < 1.29 is 19.8 Å². The van der Waals surface area contributed by atoms with Crippen LogP contribution in [-0.4, -0.2) is 53.2 Å². The van der Waals surface area contributed by atoms with Gasteiger partial charge in [0.25, 0.3) is 0 Å². The summed E-state index contributed by atoms with van der Waals surface area (Å²) in [5.74, 6) is -1.09. The minimum atomic E-state index is -0.900. The van der Waals surface area contributed by atoms with E-state index in [4.69, 9.17) is 10.2 Å². The van der Waals surface area contributed by atoms with Crippen LogP contribution in [0.25, 0.3) is 0 Å². The number of carbonyl (C=O) groups excluding carboxylic acids is 1. The van der Waals surface area contributed by atoms with E-state index in [2.05, 4.69) is 5.32 Å². The van der Waals surface area contributed by atoms with Gasteiger partial charge in [0.1, 0.15) is 0 Å². The van der Waals surface area contributed by atoms with Crippen LogP contribution in [0.1, 0.15) is 18.4 Å². The van der Waals surface area contributed by atoms with Crippen LogP contribution in [0.3, 0.4) is 0 Å². The SMILES string of the molecule is Cc1ccc(NC(=O)CN(CCCO)CCC(=O)O)cc1. The molecule has 0 saturated heterocycles. The lowest BCUT2D eigenvalue weighted by molar-refractivity contribution is -0.137.